The van der Waals surface area contributed by atoms with Gasteiger partial charge in [0.1, 0.15) is 16.4 Å². The van der Waals surface area contributed by atoms with Gasteiger partial charge >= 0.3 is 6.18 Å². The van der Waals surface area contributed by atoms with E-state index in [4.69, 9.17) is 0 Å². The third-order valence-electron chi connectivity index (χ3n) is 7.92. The molecule has 0 amide bonds. The monoisotopic (exact) mass is 632 g/mol. The Morgan fingerprint density at radius 2 is 1.22 bits per heavy atom. The van der Waals surface area contributed by atoms with Gasteiger partial charge in [0.25, 0.3) is 5.43 Å². The standard InChI is InChI=1S/C36H23F3N4O2S/c1-20-3-10-24(11-4-20)43(25-12-5-21(2)6-13-25)26-14-7-22(8-15-26)27-17-18-30(33-31(27)41-46-42-33)40-32-28-16-9-23(36(37,38)39)19-29(28)34(44)35(32)45/h3-19H,1-2H3/b40-32-. The predicted octanol–water partition coefficient (Wildman–Crippen LogP) is 8.45. The fraction of sp³-hybridized carbons (Fsp3) is 0.0833. The van der Waals surface area contributed by atoms with Crippen LogP contribution in [0.25, 0.3) is 32.9 Å². The lowest BCUT2D eigenvalue weighted by Crippen LogP contribution is -2.30. The zero-order valence-corrected chi connectivity index (χ0v) is 25.3. The van der Waals surface area contributed by atoms with Gasteiger partial charge in [-0.1, -0.05) is 53.6 Å². The molecule has 0 saturated carbocycles. The van der Waals surface area contributed by atoms with E-state index in [-0.39, 0.29) is 21.8 Å². The van der Waals surface area contributed by atoms with E-state index in [2.05, 4.69) is 81.0 Å². The summed E-state index contributed by atoms with van der Waals surface area (Å²) in [5.74, 6) is 0. The van der Waals surface area contributed by atoms with Crippen molar-refractivity contribution in [3.05, 3.63) is 146 Å². The Morgan fingerprint density at radius 1 is 0.652 bits per heavy atom. The van der Waals surface area contributed by atoms with Crippen LogP contribution in [0.4, 0.5) is 35.9 Å². The smallest absolute Gasteiger partial charge is 0.311 e. The number of anilines is 3. The minimum atomic E-state index is -4.65. The molecule has 1 aromatic heterocycles. The molecule has 46 heavy (non-hydrogen) atoms. The molecular formula is C36H23F3N4O2S. The van der Waals surface area contributed by atoms with Crippen LogP contribution >= 0.6 is 11.7 Å². The minimum absolute atomic E-state index is 0.0608. The first kappa shape index (κ1) is 29.2. The van der Waals surface area contributed by atoms with Crippen LogP contribution in [0.2, 0.25) is 0 Å². The van der Waals surface area contributed by atoms with Gasteiger partial charge in [0.15, 0.2) is 0 Å². The maximum absolute atomic E-state index is 13.2. The molecule has 1 heterocycles. The fourth-order valence-electron chi connectivity index (χ4n) is 5.50. The molecular weight excluding hydrogens is 609 g/mol. The number of aryl methyl sites for hydroxylation is 2. The quantitative estimate of drug-likeness (QED) is 0.178. The molecule has 0 atom stereocenters. The Morgan fingerprint density at radius 3 is 1.80 bits per heavy atom. The van der Waals surface area contributed by atoms with Crippen molar-refractivity contribution in [1.29, 1.82) is 0 Å². The highest BCUT2D eigenvalue weighted by Crippen LogP contribution is 2.38. The van der Waals surface area contributed by atoms with Crippen molar-refractivity contribution >= 4 is 56.3 Å². The van der Waals surface area contributed by atoms with Gasteiger partial charge in [0.05, 0.1) is 23.0 Å². The summed E-state index contributed by atoms with van der Waals surface area (Å²) in [7, 11) is 0. The molecule has 0 aliphatic rings. The second kappa shape index (κ2) is 11.1. The molecule has 10 heteroatoms. The van der Waals surface area contributed by atoms with E-state index in [1.807, 2.05) is 30.3 Å². The number of alkyl halides is 3. The average Bonchev–Trinajstić information content (AvgIpc) is 3.63. The van der Waals surface area contributed by atoms with Gasteiger partial charge in [-0.15, -0.1) is 0 Å². The van der Waals surface area contributed by atoms with Crippen molar-refractivity contribution in [1.82, 2.24) is 8.75 Å². The number of hydrogen-bond donors (Lipinski definition) is 0. The predicted molar refractivity (Wildman–Crippen MR) is 176 cm³/mol. The van der Waals surface area contributed by atoms with Crippen molar-refractivity contribution in [3.8, 4) is 11.1 Å². The summed E-state index contributed by atoms with van der Waals surface area (Å²) in [6.45, 7) is 4.11. The molecule has 7 rings (SSSR count). The number of hydrogen-bond acceptors (Lipinski definition) is 7. The summed E-state index contributed by atoms with van der Waals surface area (Å²) >= 11 is 0.976. The Hall–Kier alpha value is -5.48. The summed E-state index contributed by atoms with van der Waals surface area (Å²) in [6, 6.07) is 30.9. The van der Waals surface area contributed by atoms with E-state index in [0.29, 0.717) is 17.1 Å². The molecule has 0 unspecified atom stereocenters. The summed E-state index contributed by atoms with van der Waals surface area (Å²) in [6.07, 6.45) is -4.65. The van der Waals surface area contributed by atoms with Crippen molar-refractivity contribution in [3.63, 3.8) is 0 Å². The van der Waals surface area contributed by atoms with E-state index < -0.39 is 22.6 Å². The maximum atomic E-state index is 13.2. The number of nitrogens with zero attached hydrogens (tertiary/aromatic N) is 4. The summed E-state index contributed by atoms with van der Waals surface area (Å²) < 4.78 is 48.6. The first-order valence-corrected chi connectivity index (χ1v) is 15.0. The van der Waals surface area contributed by atoms with Gasteiger partial charge in [0, 0.05) is 33.4 Å². The average molecular weight is 633 g/mol. The van der Waals surface area contributed by atoms with Gasteiger partial charge in [-0.3, -0.25) is 9.59 Å². The molecule has 0 bridgehead atoms. The molecule has 0 aliphatic carbocycles. The fourth-order valence-corrected chi connectivity index (χ4v) is 6.07. The Labute approximate surface area is 264 Å². The highest BCUT2D eigenvalue weighted by atomic mass is 32.1. The number of fused-ring (bicyclic) bond motifs is 2. The zero-order valence-electron chi connectivity index (χ0n) is 24.5. The van der Waals surface area contributed by atoms with Gasteiger partial charge in [-0.05, 0) is 80.1 Å². The molecule has 226 valence electrons. The van der Waals surface area contributed by atoms with E-state index >= 15 is 0 Å². The van der Waals surface area contributed by atoms with Crippen molar-refractivity contribution < 1.29 is 13.2 Å². The van der Waals surface area contributed by atoms with Crippen molar-refractivity contribution in [2.45, 2.75) is 20.0 Å². The zero-order chi connectivity index (χ0) is 32.2. The van der Waals surface area contributed by atoms with Crippen LogP contribution in [0.5, 0.6) is 0 Å². The lowest BCUT2D eigenvalue weighted by atomic mass is 10.0. The summed E-state index contributed by atoms with van der Waals surface area (Å²) in [4.78, 5) is 32.0. The van der Waals surface area contributed by atoms with Crippen LogP contribution in [-0.2, 0) is 6.18 Å². The SMILES string of the molecule is Cc1ccc(N(c2ccc(C)cc2)c2ccc(-c3ccc(/N=c4\c(=O)c(=O)c5cc(C(F)(F)F)ccc45)c4nsnc34)cc2)cc1. The normalized spacial score (nSPS) is 12.3. The van der Waals surface area contributed by atoms with Crippen LogP contribution in [0, 0.1) is 13.8 Å². The van der Waals surface area contributed by atoms with Gasteiger partial charge < -0.3 is 4.90 Å². The van der Waals surface area contributed by atoms with Crippen molar-refractivity contribution in [2.24, 2.45) is 4.99 Å². The molecule has 0 spiro atoms. The Bertz CT molecular complexity index is 2360. The van der Waals surface area contributed by atoms with Crippen LogP contribution in [0.1, 0.15) is 16.7 Å². The molecule has 6 nitrogen and oxygen atoms in total. The minimum Gasteiger partial charge on any atom is -0.311 e. The van der Waals surface area contributed by atoms with E-state index in [1.54, 1.807) is 6.07 Å². The molecule has 0 radical (unpaired) electrons. The molecule has 6 aromatic carbocycles. The van der Waals surface area contributed by atoms with Crippen LogP contribution in [0.3, 0.4) is 0 Å². The maximum Gasteiger partial charge on any atom is 0.416 e. The van der Waals surface area contributed by atoms with Gasteiger partial charge in [-0.2, -0.15) is 21.9 Å². The Kier molecular flexibility index (Phi) is 7.09. The molecule has 0 saturated heterocycles. The molecule has 0 fully saturated rings. The second-order valence-electron chi connectivity index (χ2n) is 11.0. The second-order valence-corrected chi connectivity index (χ2v) is 11.6. The highest BCUT2D eigenvalue weighted by Gasteiger charge is 2.31. The highest BCUT2D eigenvalue weighted by molar-refractivity contribution is 7.00. The number of rotatable bonds is 5. The first-order chi connectivity index (χ1) is 22.1. The largest absolute Gasteiger partial charge is 0.416 e. The summed E-state index contributed by atoms with van der Waals surface area (Å²) in [5, 5.41) is -0.466. The topological polar surface area (TPSA) is 75.5 Å². The molecule has 0 N–H and O–H groups in total. The Balaban J connectivity index is 1.29. The van der Waals surface area contributed by atoms with E-state index in [1.165, 1.54) is 11.1 Å². The lowest BCUT2D eigenvalue weighted by Gasteiger charge is -2.26. The van der Waals surface area contributed by atoms with Gasteiger partial charge in [-0.25, -0.2) is 4.99 Å². The first-order valence-electron chi connectivity index (χ1n) is 14.3. The third-order valence-corrected chi connectivity index (χ3v) is 8.44. The van der Waals surface area contributed by atoms with Crippen LogP contribution in [0.15, 0.2) is 118 Å². The van der Waals surface area contributed by atoms with Crippen LogP contribution in [-0.4, -0.2) is 8.75 Å². The lowest BCUT2D eigenvalue weighted by molar-refractivity contribution is -0.137. The molecule has 0 aliphatic heterocycles. The number of halogens is 3. The number of benzene rings is 5. The third kappa shape index (κ3) is 5.16. The number of aromatic nitrogens is 2. The molecule has 7 aromatic rings. The summed E-state index contributed by atoms with van der Waals surface area (Å²) in [5.41, 5.74) is 5.29. The van der Waals surface area contributed by atoms with Crippen LogP contribution < -0.4 is 21.1 Å². The van der Waals surface area contributed by atoms with E-state index in [0.717, 1.165) is 52.0 Å². The van der Waals surface area contributed by atoms with Crippen molar-refractivity contribution in [2.75, 3.05) is 4.90 Å². The van der Waals surface area contributed by atoms with Gasteiger partial charge in [0.2, 0.25) is 5.43 Å². The van der Waals surface area contributed by atoms with E-state index in [9.17, 15) is 22.8 Å².